The highest BCUT2D eigenvalue weighted by molar-refractivity contribution is 4.97. The third-order valence-electron chi connectivity index (χ3n) is 5.15. The van der Waals surface area contributed by atoms with Gasteiger partial charge in [-0.15, -0.1) is 0 Å². The van der Waals surface area contributed by atoms with Gasteiger partial charge in [0.2, 0.25) is 0 Å². The van der Waals surface area contributed by atoms with E-state index in [1.165, 1.54) is 44.9 Å². The summed E-state index contributed by atoms with van der Waals surface area (Å²) in [6.45, 7) is 5.46. The fourth-order valence-electron chi connectivity index (χ4n) is 4.38. The van der Waals surface area contributed by atoms with Crippen molar-refractivity contribution in [3.05, 3.63) is 0 Å². The van der Waals surface area contributed by atoms with E-state index in [2.05, 4.69) is 17.1 Å². The topological polar surface area (TPSA) is 24.5 Å². The summed E-state index contributed by atoms with van der Waals surface area (Å²) in [5.41, 5.74) is 0. The molecule has 4 atom stereocenters. The number of nitrogens with one attached hydrogen (secondary N) is 1. The first-order chi connectivity index (χ1) is 8.90. The smallest absolute Gasteiger partial charge is 0.0731 e. The van der Waals surface area contributed by atoms with Gasteiger partial charge < -0.3 is 10.1 Å². The summed E-state index contributed by atoms with van der Waals surface area (Å²) in [5.74, 6) is 0. The molecule has 1 saturated heterocycles. The highest BCUT2D eigenvalue weighted by Crippen LogP contribution is 2.34. The molecule has 0 bridgehead atoms. The van der Waals surface area contributed by atoms with Gasteiger partial charge in [0.1, 0.15) is 0 Å². The lowest BCUT2D eigenvalue weighted by Gasteiger charge is -2.48. The molecular weight excluding hydrogens is 224 g/mol. The van der Waals surface area contributed by atoms with Crippen LogP contribution in [-0.2, 0) is 4.74 Å². The number of morpholine rings is 1. The Balaban J connectivity index is 1.69. The maximum atomic E-state index is 6.00. The fraction of sp³-hybridized carbons (Fsp3) is 1.00. The van der Waals surface area contributed by atoms with Gasteiger partial charge >= 0.3 is 0 Å². The highest BCUT2D eigenvalue weighted by Gasteiger charge is 2.41. The predicted molar refractivity (Wildman–Crippen MR) is 73.8 cm³/mol. The second-order valence-electron chi connectivity index (χ2n) is 6.16. The van der Waals surface area contributed by atoms with Crippen LogP contribution in [0.25, 0.3) is 0 Å². The third kappa shape index (κ3) is 2.45. The Morgan fingerprint density at radius 3 is 2.78 bits per heavy atom. The summed E-state index contributed by atoms with van der Waals surface area (Å²) in [7, 11) is 0. The average Bonchev–Trinajstić information content (AvgIpc) is 2.87. The van der Waals surface area contributed by atoms with Gasteiger partial charge in [-0.3, -0.25) is 4.90 Å². The summed E-state index contributed by atoms with van der Waals surface area (Å²) in [6, 6.07) is 2.23. The van der Waals surface area contributed by atoms with Crippen LogP contribution in [0.4, 0.5) is 0 Å². The molecule has 3 nitrogen and oxygen atoms in total. The van der Waals surface area contributed by atoms with Crippen molar-refractivity contribution in [2.45, 2.75) is 76.1 Å². The van der Waals surface area contributed by atoms with Gasteiger partial charge in [0.25, 0.3) is 0 Å². The van der Waals surface area contributed by atoms with Crippen LogP contribution in [0.1, 0.15) is 51.9 Å². The Bertz CT molecular complexity index is 269. The zero-order chi connectivity index (χ0) is 12.4. The summed E-state index contributed by atoms with van der Waals surface area (Å²) in [6.07, 6.45) is 10.1. The minimum atomic E-state index is 0.537. The molecule has 0 aromatic heterocycles. The largest absolute Gasteiger partial charge is 0.375 e. The molecule has 0 amide bonds. The molecular formula is C15H28N2O. The zero-order valence-corrected chi connectivity index (χ0v) is 11.7. The van der Waals surface area contributed by atoms with Gasteiger partial charge in [-0.1, -0.05) is 26.2 Å². The minimum absolute atomic E-state index is 0.537. The van der Waals surface area contributed by atoms with Gasteiger partial charge in [0, 0.05) is 24.7 Å². The SMILES string of the molecule is CCNC1CCCC1N1CCOC2CCCCC21. The van der Waals surface area contributed by atoms with E-state index >= 15 is 0 Å². The Morgan fingerprint density at radius 2 is 1.89 bits per heavy atom. The van der Waals surface area contributed by atoms with Crippen LogP contribution >= 0.6 is 0 Å². The third-order valence-corrected chi connectivity index (χ3v) is 5.15. The van der Waals surface area contributed by atoms with Crippen molar-refractivity contribution in [1.29, 1.82) is 0 Å². The van der Waals surface area contributed by atoms with E-state index in [0.717, 1.165) is 37.8 Å². The molecule has 3 aliphatic rings. The monoisotopic (exact) mass is 252 g/mol. The maximum absolute atomic E-state index is 6.00. The van der Waals surface area contributed by atoms with Gasteiger partial charge in [0.05, 0.1) is 12.7 Å². The van der Waals surface area contributed by atoms with E-state index in [1.54, 1.807) is 0 Å². The van der Waals surface area contributed by atoms with Crippen molar-refractivity contribution >= 4 is 0 Å². The molecule has 0 radical (unpaired) electrons. The summed E-state index contributed by atoms with van der Waals surface area (Å²) in [4.78, 5) is 2.81. The normalized spacial score (nSPS) is 41.8. The Kier molecular flexibility index (Phi) is 4.22. The van der Waals surface area contributed by atoms with Gasteiger partial charge in [-0.2, -0.15) is 0 Å². The zero-order valence-electron chi connectivity index (χ0n) is 11.7. The van der Waals surface area contributed by atoms with Crippen LogP contribution in [0.2, 0.25) is 0 Å². The highest BCUT2D eigenvalue weighted by atomic mass is 16.5. The summed E-state index contributed by atoms with van der Waals surface area (Å²) < 4.78 is 6.00. The van der Waals surface area contributed by atoms with E-state index < -0.39 is 0 Å². The fourth-order valence-corrected chi connectivity index (χ4v) is 4.38. The lowest BCUT2D eigenvalue weighted by molar-refractivity contribution is -0.104. The van der Waals surface area contributed by atoms with Gasteiger partial charge in [-0.05, 0) is 32.2 Å². The molecule has 0 aromatic rings. The van der Waals surface area contributed by atoms with E-state index in [0.29, 0.717) is 6.10 Å². The molecule has 104 valence electrons. The number of hydrogen-bond acceptors (Lipinski definition) is 3. The first-order valence-electron chi connectivity index (χ1n) is 8.01. The number of nitrogens with zero attached hydrogens (tertiary/aromatic N) is 1. The van der Waals surface area contributed by atoms with Crippen LogP contribution in [-0.4, -0.2) is 48.8 Å². The Labute approximate surface area is 111 Å². The maximum Gasteiger partial charge on any atom is 0.0731 e. The number of fused-ring (bicyclic) bond motifs is 1. The first kappa shape index (κ1) is 12.9. The van der Waals surface area contributed by atoms with Crippen LogP contribution in [0.3, 0.4) is 0 Å². The molecule has 2 saturated carbocycles. The minimum Gasteiger partial charge on any atom is -0.375 e. The number of hydrogen-bond donors (Lipinski definition) is 1. The van der Waals surface area contributed by atoms with Crippen LogP contribution in [0, 0.1) is 0 Å². The molecule has 0 aromatic carbocycles. The predicted octanol–water partition coefficient (Wildman–Crippen LogP) is 2.16. The lowest BCUT2D eigenvalue weighted by atomic mass is 9.88. The molecule has 3 fully saturated rings. The number of rotatable bonds is 3. The van der Waals surface area contributed by atoms with Crippen LogP contribution < -0.4 is 5.32 Å². The Morgan fingerprint density at radius 1 is 1.06 bits per heavy atom. The van der Waals surface area contributed by atoms with Crippen molar-refractivity contribution in [1.82, 2.24) is 10.2 Å². The number of likely N-dealkylation sites (N-methyl/N-ethyl adjacent to an activating group) is 1. The standard InChI is InChI=1S/C15H28N2O/c1-2-16-12-6-5-8-13(12)17-10-11-18-15-9-4-3-7-14(15)17/h12-16H,2-11H2,1H3. The van der Waals surface area contributed by atoms with E-state index in [9.17, 15) is 0 Å². The van der Waals surface area contributed by atoms with Crippen LogP contribution in [0.15, 0.2) is 0 Å². The van der Waals surface area contributed by atoms with Crippen molar-refractivity contribution in [3.8, 4) is 0 Å². The van der Waals surface area contributed by atoms with Gasteiger partial charge in [0.15, 0.2) is 0 Å². The van der Waals surface area contributed by atoms with Crippen molar-refractivity contribution in [2.24, 2.45) is 0 Å². The van der Waals surface area contributed by atoms with E-state index in [-0.39, 0.29) is 0 Å². The molecule has 4 unspecified atom stereocenters. The van der Waals surface area contributed by atoms with Crippen molar-refractivity contribution in [2.75, 3.05) is 19.7 Å². The van der Waals surface area contributed by atoms with E-state index in [4.69, 9.17) is 4.74 Å². The molecule has 18 heavy (non-hydrogen) atoms. The Hall–Kier alpha value is -0.120. The molecule has 3 heteroatoms. The molecule has 2 aliphatic carbocycles. The van der Waals surface area contributed by atoms with E-state index in [1.807, 2.05) is 0 Å². The molecule has 1 heterocycles. The van der Waals surface area contributed by atoms with Crippen molar-refractivity contribution < 1.29 is 4.74 Å². The molecule has 0 spiro atoms. The molecule has 1 N–H and O–H groups in total. The second kappa shape index (κ2) is 5.89. The van der Waals surface area contributed by atoms with Gasteiger partial charge in [-0.25, -0.2) is 0 Å². The second-order valence-corrected chi connectivity index (χ2v) is 6.16. The quantitative estimate of drug-likeness (QED) is 0.833. The molecule has 1 aliphatic heterocycles. The first-order valence-corrected chi connectivity index (χ1v) is 8.01. The lowest BCUT2D eigenvalue weighted by Crippen LogP contribution is -2.59. The number of ether oxygens (including phenoxy) is 1. The summed E-state index contributed by atoms with van der Waals surface area (Å²) in [5, 5.41) is 3.70. The average molecular weight is 252 g/mol. The summed E-state index contributed by atoms with van der Waals surface area (Å²) >= 11 is 0. The molecule has 3 rings (SSSR count). The van der Waals surface area contributed by atoms with Crippen LogP contribution in [0.5, 0.6) is 0 Å². The van der Waals surface area contributed by atoms with Crippen molar-refractivity contribution in [3.63, 3.8) is 0 Å².